The first kappa shape index (κ1) is 12.7. The molecule has 15 heavy (non-hydrogen) atoms. The number of methoxy groups -OCH3 is 1. The number of halogens is 1. The second kappa shape index (κ2) is 5.68. The minimum Gasteiger partial charge on any atom is -0.380 e. The van der Waals surface area contributed by atoms with Crippen LogP contribution in [0.5, 0.6) is 0 Å². The van der Waals surface area contributed by atoms with Crippen LogP contribution in [-0.4, -0.2) is 37.7 Å². The fourth-order valence-corrected chi connectivity index (χ4v) is 1.94. The molecule has 88 valence electrons. The molecular weight excluding hydrogens is 216 g/mol. The number of carbonyl (C=O) groups excluding carboxylic acids is 1. The van der Waals surface area contributed by atoms with Crippen molar-refractivity contribution in [2.45, 2.75) is 43.9 Å². The molecule has 2 N–H and O–H groups in total. The van der Waals surface area contributed by atoms with E-state index in [9.17, 15) is 4.79 Å². The first-order valence-corrected chi connectivity index (χ1v) is 5.36. The number of ether oxygens (including phenoxy) is 1. The number of amides is 1. The van der Waals surface area contributed by atoms with E-state index in [-0.39, 0.29) is 30.5 Å². The molecule has 0 aromatic carbocycles. The van der Waals surface area contributed by atoms with Crippen LogP contribution in [-0.2, 0) is 9.53 Å². The molecule has 0 spiro atoms. The zero-order chi connectivity index (χ0) is 9.97. The van der Waals surface area contributed by atoms with E-state index < -0.39 is 0 Å². The van der Waals surface area contributed by atoms with Gasteiger partial charge in [0.2, 0.25) is 5.91 Å². The molecule has 5 heteroatoms. The zero-order valence-electron chi connectivity index (χ0n) is 8.99. The lowest BCUT2D eigenvalue weighted by Gasteiger charge is -2.27. The van der Waals surface area contributed by atoms with Crippen LogP contribution in [0.15, 0.2) is 0 Å². The Bertz CT molecular complexity index is 221. The summed E-state index contributed by atoms with van der Waals surface area (Å²) in [5.74, 6) is 0.147. The average Bonchev–Trinajstić information content (AvgIpc) is 2.59. The van der Waals surface area contributed by atoms with E-state index in [0.29, 0.717) is 6.04 Å². The molecule has 0 aromatic rings. The van der Waals surface area contributed by atoms with Crippen LogP contribution in [0.2, 0.25) is 0 Å². The highest BCUT2D eigenvalue weighted by Crippen LogP contribution is 2.19. The van der Waals surface area contributed by atoms with Gasteiger partial charge in [-0.3, -0.25) is 4.79 Å². The van der Waals surface area contributed by atoms with Crippen molar-refractivity contribution in [3.63, 3.8) is 0 Å². The Labute approximate surface area is 96.5 Å². The minimum absolute atomic E-state index is 0. The normalized spacial score (nSPS) is 30.5. The van der Waals surface area contributed by atoms with Gasteiger partial charge in [-0.2, -0.15) is 0 Å². The highest BCUT2D eigenvalue weighted by molar-refractivity contribution is 5.85. The quantitative estimate of drug-likeness (QED) is 0.746. The predicted molar refractivity (Wildman–Crippen MR) is 60.2 cm³/mol. The first-order valence-electron chi connectivity index (χ1n) is 5.36. The standard InChI is InChI=1S/C10H18N2O2.ClH/c1-14-8-5-9(11-6-8)10(13)12-7-3-2-4-7;/h7-9,11H,2-6H2,1H3,(H,12,13);1H/t8-,9+;/m1./s1. The molecule has 2 aliphatic rings. The Hall–Kier alpha value is -0.320. The van der Waals surface area contributed by atoms with Gasteiger partial charge in [-0.25, -0.2) is 0 Å². The summed E-state index contributed by atoms with van der Waals surface area (Å²) in [5, 5.41) is 6.22. The molecule has 4 nitrogen and oxygen atoms in total. The Balaban J connectivity index is 0.00000112. The molecule has 2 rings (SSSR count). The van der Waals surface area contributed by atoms with Gasteiger partial charge in [-0.1, -0.05) is 0 Å². The molecule has 1 saturated heterocycles. The number of rotatable bonds is 3. The number of nitrogens with one attached hydrogen (secondary N) is 2. The third-order valence-corrected chi connectivity index (χ3v) is 3.19. The summed E-state index contributed by atoms with van der Waals surface area (Å²) in [6.07, 6.45) is 4.55. The van der Waals surface area contributed by atoms with Crippen LogP contribution < -0.4 is 10.6 Å². The van der Waals surface area contributed by atoms with Crippen molar-refractivity contribution in [2.24, 2.45) is 0 Å². The van der Waals surface area contributed by atoms with Gasteiger partial charge in [0, 0.05) is 19.7 Å². The predicted octanol–water partition coefficient (Wildman–Crippen LogP) is 0.454. The highest BCUT2D eigenvalue weighted by Gasteiger charge is 2.31. The van der Waals surface area contributed by atoms with E-state index in [1.807, 2.05) is 0 Å². The van der Waals surface area contributed by atoms with Crippen molar-refractivity contribution in [2.75, 3.05) is 13.7 Å². The van der Waals surface area contributed by atoms with E-state index in [0.717, 1.165) is 25.8 Å². The van der Waals surface area contributed by atoms with E-state index in [1.54, 1.807) is 7.11 Å². The molecule has 0 bridgehead atoms. The maximum absolute atomic E-state index is 11.7. The number of hydrogen-bond donors (Lipinski definition) is 2. The van der Waals surface area contributed by atoms with E-state index in [1.165, 1.54) is 6.42 Å². The van der Waals surface area contributed by atoms with Crippen LogP contribution in [0, 0.1) is 0 Å². The minimum atomic E-state index is -0.0412. The Kier molecular flexibility index (Phi) is 4.83. The fourth-order valence-electron chi connectivity index (χ4n) is 1.94. The molecule has 1 aliphatic heterocycles. The van der Waals surface area contributed by atoms with Gasteiger partial charge in [-0.15, -0.1) is 12.4 Å². The van der Waals surface area contributed by atoms with Crippen molar-refractivity contribution in [3.8, 4) is 0 Å². The van der Waals surface area contributed by atoms with Gasteiger partial charge in [0.15, 0.2) is 0 Å². The van der Waals surface area contributed by atoms with Crippen molar-refractivity contribution in [1.29, 1.82) is 0 Å². The third kappa shape index (κ3) is 3.06. The summed E-state index contributed by atoms with van der Waals surface area (Å²) in [6, 6.07) is 0.395. The highest BCUT2D eigenvalue weighted by atomic mass is 35.5. The van der Waals surface area contributed by atoms with Gasteiger partial charge < -0.3 is 15.4 Å². The van der Waals surface area contributed by atoms with Crippen LogP contribution in [0.3, 0.4) is 0 Å². The molecular formula is C10H19ClN2O2. The Morgan fingerprint density at radius 2 is 2.20 bits per heavy atom. The lowest BCUT2D eigenvalue weighted by molar-refractivity contribution is -0.124. The number of carbonyl (C=O) groups is 1. The van der Waals surface area contributed by atoms with E-state index in [2.05, 4.69) is 10.6 Å². The lowest BCUT2D eigenvalue weighted by atomic mass is 9.93. The third-order valence-electron chi connectivity index (χ3n) is 3.19. The van der Waals surface area contributed by atoms with Crippen LogP contribution >= 0.6 is 12.4 Å². The summed E-state index contributed by atoms with van der Waals surface area (Å²) < 4.78 is 5.19. The smallest absolute Gasteiger partial charge is 0.237 e. The maximum Gasteiger partial charge on any atom is 0.237 e. The summed E-state index contributed by atoms with van der Waals surface area (Å²) in [6.45, 7) is 0.791. The van der Waals surface area contributed by atoms with E-state index >= 15 is 0 Å². The fraction of sp³-hybridized carbons (Fsp3) is 0.900. The zero-order valence-corrected chi connectivity index (χ0v) is 9.81. The average molecular weight is 235 g/mol. The second-order valence-corrected chi connectivity index (χ2v) is 4.19. The van der Waals surface area contributed by atoms with Crippen molar-refractivity contribution in [1.82, 2.24) is 10.6 Å². The molecule has 0 unspecified atom stereocenters. The summed E-state index contributed by atoms with van der Waals surface area (Å²) in [4.78, 5) is 11.7. The maximum atomic E-state index is 11.7. The molecule has 0 radical (unpaired) electrons. The second-order valence-electron chi connectivity index (χ2n) is 4.19. The van der Waals surface area contributed by atoms with Gasteiger partial charge >= 0.3 is 0 Å². The molecule has 0 aromatic heterocycles. The summed E-state index contributed by atoms with van der Waals surface area (Å²) >= 11 is 0. The Morgan fingerprint density at radius 3 is 2.67 bits per heavy atom. The summed E-state index contributed by atoms with van der Waals surface area (Å²) in [7, 11) is 1.69. The lowest BCUT2D eigenvalue weighted by Crippen LogP contribution is -2.47. The molecule has 2 fully saturated rings. The van der Waals surface area contributed by atoms with Crippen molar-refractivity contribution >= 4 is 18.3 Å². The monoisotopic (exact) mass is 234 g/mol. The van der Waals surface area contributed by atoms with Crippen molar-refractivity contribution < 1.29 is 9.53 Å². The molecule has 2 atom stereocenters. The number of hydrogen-bond acceptors (Lipinski definition) is 3. The molecule has 1 aliphatic carbocycles. The topological polar surface area (TPSA) is 50.4 Å². The molecule has 1 heterocycles. The Morgan fingerprint density at radius 1 is 1.47 bits per heavy atom. The van der Waals surface area contributed by atoms with Crippen molar-refractivity contribution in [3.05, 3.63) is 0 Å². The van der Waals surface area contributed by atoms with E-state index in [4.69, 9.17) is 4.74 Å². The van der Waals surface area contributed by atoms with Gasteiger partial charge in [0.05, 0.1) is 12.1 Å². The molecule has 1 amide bonds. The van der Waals surface area contributed by atoms with Gasteiger partial charge in [0.25, 0.3) is 0 Å². The van der Waals surface area contributed by atoms with Crippen LogP contribution in [0.1, 0.15) is 25.7 Å². The molecule has 1 saturated carbocycles. The van der Waals surface area contributed by atoms with Gasteiger partial charge in [-0.05, 0) is 25.7 Å². The van der Waals surface area contributed by atoms with Crippen LogP contribution in [0.4, 0.5) is 0 Å². The first-order chi connectivity index (χ1) is 6.79. The summed E-state index contributed by atoms with van der Waals surface area (Å²) in [5.41, 5.74) is 0. The van der Waals surface area contributed by atoms with Gasteiger partial charge in [0.1, 0.15) is 0 Å². The SMILES string of the molecule is CO[C@H]1CN[C@H](C(=O)NC2CCC2)C1.Cl. The largest absolute Gasteiger partial charge is 0.380 e. The van der Waals surface area contributed by atoms with Crippen LogP contribution in [0.25, 0.3) is 0 Å².